The smallest absolute Gasteiger partial charge is 0.250 e. The van der Waals surface area contributed by atoms with Crippen LogP contribution in [0, 0.1) is 0 Å². The summed E-state index contributed by atoms with van der Waals surface area (Å²) in [6.07, 6.45) is 2.39. The van der Waals surface area contributed by atoms with Gasteiger partial charge in [-0.1, -0.05) is 30.3 Å². The number of aliphatic imine (C=N–C) groups is 1. The highest BCUT2D eigenvalue weighted by Crippen LogP contribution is 2.11. The molecule has 0 saturated carbocycles. The molecular formula is C20H26N4O3S. The molecule has 0 aliphatic carbocycles. The summed E-state index contributed by atoms with van der Waals surface area (Å²) in [5, 5.41) is 6.38. The largest absolute Gasteiger partial charge is 0.357 e. The van der Waals surface area contributed by atoms with Gasteiger partial charge in [0.1, 0.15) is 0 Å². The van der Waals surface area contributed by atoms with E-state index in [9.17, 15) is 13.2 Å². The Morgan fingerprint density at radius 3 is 2.57 bits per heavy atom. The Hall–Kier alpha value is -2.61. The van der Waals surface area contributed by atoms with Gasteiger partial charge in [-0.25, -0.2) is 13.4 Å². The number of pyridine rings is 1. The number of guanidine groups is 1. The fraction of sp³-hybridized carbons (Fsp3) is 0.400. The number of hydrogen-bond acceptors (Lipinski definition) is 4. The topological polar surface area (TPSA) is 92.6 Å². The molecule has 7 nitrogen and oxygen atoms in total. The fourth-order valence-electron chi connectivity index (χ4n) is 3.13. The predicted molar refractivity (Wildman–Crippen MR) is 111 cm³/mol. The summed E-state index contributed by atoms with van der Waals surface area (Å²) in [5.41, 5.74) is 2.06. The van der Waals surface area contributed by atoms with Crippen molar-refractivity contribution in [2.75, 3.05) is 18.1 Å². The van der Waals surface area contributed by atoms with E-state index < -0.39 is 9.84 Å². The summed E-state index contributed by atoms with van der Waals surface area (Å²) in [4.78, 5) is 16.4. The maximum absolute atomic E-state index is 11.8. The Labute approximate surface area is 165 Å². The highest BCUT2D eigenvalue weighted by atomic mass is 32.2. The maximum atomic E-state index is 11.8. The molecule has 0 bridgehead atoms. The monoisotopic (exact) mass is 402 g/mol. The van der Waals surface area contributed by atoms with Crippen molar-refractivity contribution in [2.45, 2.75) is 32.5 Å². The maximum Gasteiger partial charge on any atom is 0.250 e. The SMILES string of the molecule is CCNC(=NCc1ccc(Cn2ccccc2=O)cc1)NC1CCS(=O)(=O)C1. The molecule has 0 amide bonds. The summed E-state index contributed by atoms with van der Waals surface area (Å²) in [5.74, 6) is 1.02. The van der Waals surface area contributed by atoms with Crippen molar-refractivity contribution in [3.8, 4) is 0 Å². The lowest BCUT2D eigenvalue weighted by Crippen LogP contribution is -2.44. The van der Waals surface area contributed by atoms with Gasteiger partial charge in [0.2, 0.25) is 0 Å². The van der Waals surface area contributed by atoms with Gasteiger partial charge in [0, 0.05) is 24.8 Å². The molecule has 1 aromatic carbocycles. The molecule has 2 aromatic rings. The number of nitrogens with one attached hydrogen (secondary N) is 2. The van der Waals surface area contributed by atoms with E-state index in [0.29, 0.717) is 32.0 Å². The van der Waals surface area contributed by atoms with Crippen LogP contribution in [0.15, 0.2) is 58.4 Å². The van der Waals surface area contributed by atoms with Crippen LogP contribution in [-0.2, 0) is 22.9 Å². The number of nitrogens with zero attached hydrogens (tertiary/aromatic N) is 2. The molecule has 1 aromatic heterocycles. The zero-order valence-corrected chi connectivity index (χ0v) is 16.8. The summed E-state index contributed by atoms with van der Waals surface area (Å²) in [7, 11) is -2.93. The summed E-state index contributed by atoms with van der Waals surface area (Å²) < 4.78 is 24.9. The first-order valence-corrected chi connectivity index (χ1v) is 11.3. The molecule has 1 atom stereocenters. The standard InChI is InChI=1S/C20H26N4O3S/c1-2-21-20(23-18-10-12-28(26,27)15-18)22-13-16-6-8-17(9-7-16)14-24-11-4-3-5-19(24)25/h3-9,11,18H,2,10,12-15H2,1H3,(H2,21,22,23). The fourth-order valence-corrected chi connectivity index (χ4v) is 4.80. The highest BCUT2D eigenvalue weighted by molar-refractivity contribution is 7.91. The molecule has 1 aliphatic rings. The Bertz CT molecular complexity index is 981. The minimum Gasteiger partial charge on any atom is -0.357 e. The van der Waals surface area contributed by atoms with Crippen molar-refractivity contribution in [3.63, 3.8) is 0 Å². The van der Waals surface area contributed by atoms with Gasteiger partial charge in [0.25, 0.3) is 5.56 Å². The van der Waals surface area contributed by atoms with Crippen LogP contribution in [0.5, 0.6) is 0 Å². The first kappa shape index (κ1) is 20.1. The third-order valence-electron chi connectivity index (χ3n) is 4.61. The Kier molecular flexibility index (Phi) is 6.51. The van der Waals surface area contributed by atoms with Crippen LogP contribution >= 0.6 is 0 Å². The summed E-state index contributed by atoms with van der Waals surface area (Å²) >= 11 is 0. The molecule has 1 unspecified atom stereocenters. The average Bonchev–Trinajstić information content (AvgIpc) is 3.01. The van der Waals surface area contributed by atoms with Gasteiger partial charge in [-0.2, -0.15) is 0 Å². The van der Waals surface area contributed by atoms with Crippen molar-refractivity contribution < 1.29 is 8.42 Å². The van der Waals surface area contributed by atoms with Crippen molar-refractivity contribution >= 4 is 15.8 Å². The first-order valence-electron chi connectivity index (χ1n) is 9.44. The predicted octanol–water partition coefficient (Wildman–Crippen LogP) is 1.14. The molecule has 150 valence electrons. The average molecular weight is 403 g/mol. The van der Waals surface area contributed by atoms with Gasteiger partial charge >= 0.3 is 0 Å². The number of benzene rings is 1. The Morgan fingerprint density at radius 1 is 1.18 bits per heavy atom. The number of aromatic nitrogens is 1. The zero-order chi connectivity index (χ0) is 20.0. The molecule has 2 N–H and O–H groups in total. The third-order valence-corrected chi connectivity index (χ3v) is 6.38. The molecule has 3 rings (SSSR count). The summed E-state index contributed by atoms with van der Waals surface area (Å²) in [6, 6.07) is 13.0. The molecule has 1 saturated heterocycles. The molecule has 0 spiro atoms. The second-order valence-corrected chi connectivity index (χ2v) is 9.15. The van der Waals surface area contributed by atoms with Gasteiger partial charge in [0.15, 0.2) is 15.8 Å². The first-order chi connectivity index (χ1) is 13.4. The van der Waals surface area contributed by atoms with Crippen LogP contribution in [0.2, 0.25) is 0 Å². The van der Waals surface area contributed by atoms with Crippen LogP contribution in [0.25, 0.3) is 0 Å². The quantitative estimate of drug-likeness (QED) is 0.558. The van der Waals surface area contributed by atoms with Crippen LogP contribution in [0.4, 0.5) is 0 Å². The van der Waals surface area contributed by atoms with Crippen LogP contribution in [-0.4, -0.2) is 43.0 Å². The molecule has 0 radical (unpaired) electrons. The van der Waals surface area contributed by atoms with E-state index in [1.807, 2.05) is 37.3 Å². The lowest BCUT2D eigenvalue weighted by molar-refractivity contribution is 0.599. The molecule has 8 heteroatoms. The number of rotatable bonds is 6. The second kappa shape index (κ2) is 9.05. The van der Waals surface area contributed by atoms with Gasteiger partial charge in [-0.3, -0.25) is 4.79 Å². The van der Waals surface area contributed by atoms with E-state index in [2.05, 4.69) is 15.6 Å². The van der Waals surface area contributed by atoms with E-state index in [1.165, 1.54) is 0 Å². The molecule has 28 heavy (non-hydrogen) atoms. The molecule has 2 heterocycles. The van der Waals surface area contributed by atoms with E-state index in [-0.39, 0.29) is 23.1 Å². The van der Waals surface area contributed by atoms with Gasteiger partial charge in [-0.05, 0) is 30.5 Å². The molecule has 1 aliphatic heterocycles. The second-order valence-electron chi connectivity index (χ2n) is 6.92. The minimum absolute atomic E-state index is 0.0218. The van der Waals surface area contributed by atoms with Gasteiger partial charge in [-0.15, -0.1) is 0 Å². The lowest BCUT2D eigenvalue weighted by Gasteiger charge is -2.15. The van der Waals surface area contributed by atoms with E-state index >= 15 is 0 Å². The zero-order valence-electron chi connectivity index (χ0n) is 16.0. The van der Waals surface area contributed by atoms with E-state index in [1.54, 1.807) is 22.9 Å². The van der Waals surface area contributed by atoms with Crippen LogP contribution < -0.4 is 16.2 Å². The van der Waals surface area contributed by atoms with Crippen molar-refractivity contribution in [2.24, 2.45) is 4.99 Å². The van der Waals surface area contributed by atoms with Crippen LogP contribution in [0.1, 0.15) is 24.5 Å². The number of hydrogen-bond donors (Lipinski definition) is 2. The van der Waals surface area contributed by atoms with E-state index in [4.69, 9.17) is 0 Å². The minimum atomic E-state index is -2.93. The molecule has 1 fully saturated rings. The van der Waals surface area contributed by atoms with Gasteiger partial charge in [0.05, 0.1) is 24.6 Å². The van der Waals surface area contributed by atoms with Crippen molar-refractivity contribution in [3.05, 3.63) is 70.1 Å². The van der Waals surface area contributed by atoms with Crippen molar-refractivity contribution in [1.29, 1.82) is 0 Å². The Balaban J connectivity index is 1.61. The van der Waals surface area contributed by atoms with E-state index in [0.717, 1.165) is 11.1 Å². The third kappa shape index (κ3) is 5.69. The summed E-state index contributed by atoms with van der Waals surface area (Å²) in [6.45, 7) is 3.70. The molecular weight excluding hydrogens is 376 g/mol. The Morgan fingerprint density at radius 2 is 1.93 bits per heavy atom. The highest BCUT2D eigenvalue weighted by Gasteiger charge is 2.28. The normalized spacial score (nSPS) is 18.8. The number of sulfone groups is 1. The van der Waals surface area contributed by atoms with Crippen LogP contribution in [0.3, 0.4) is 0 Å². The lowest BCUT2D eigenvalue weighted by atomic mass is 10.1. The van der Waals surface area contributed by atoms with Gasteiger partial charge < -0.3 is 15.2 Å². The van der Waals surface area contributed by atoms with Crippen molar-refractivity contribution in [1.82, 2.24) is 15.2 Å².